The molecule has 0 aliphatic heterocycles. The summed E-state index contributed by atoms with van der Waals surface area (Å²) in [6.45, 7) is -0.476. The van der Waals surface area contributed by atoms with Gasteiger partial charge in [-0.25, -0.2) is 4.98 Å². The molecular formula is C21H16N4O3. The number of ketones is 1. The number of carbonyl (C=O) groups excluding carboxylic acids is 2. The Balaban J connectivity index is 1.41. The van der Waals surface area contributed by atoms with Crippen molar-refractivity contribution < 1.29 is 14.3 Å². The molecule has 2 N–H and O–H groups in total. The van der Waals surface area contributed by atoms with E-state index in [1.54, 1.807) is 12.3 Å². The second-order valence-corrected chi connectivity index (χ2v) is 6.36. The van der Waals surface area contributed by atoms with Crippen molar-refractivity contribution in [3.05, 3.63) is 66.1 Å². The maximum Gasteiger partial charge on any atom is 0.310 e. The van der Waals surface area contributed by atoms with Gasteiger partial charge in [-0.2, -0.15) is 5.26 Å². The fourth-order valence-corrected chi connectivity index (χ4v) is 3.11. The van der Waals surface area contributed by atoms with Gasteiger partial charge in [0.2, 0.25) is 0 Å². The lowest BCUT2D eigenvalue weighted by atomic mass is 10.1. The number of carbonyl (C=O) groups is 2. The first kappa shape index (κ1) is 17.5. The molecule has 28 heavy (non-hydrogen) atoms. The highest BCUT2D eigenvalue weighted by Gasteiger charge is 2.25. The zero-order valence-corrected chi connectivity index (χ0v) is 14.8. The monoisotopic (exact) mass is 372 g/mol. The Morgan fingerprint density at radius 3 is 2.64 bits per heavy atom. The quantitative estimate of drug-likeness (QED) is 0.505. The topological polar surface area (TPSA) is 112 Å². The minimum Gasteiger partial charge on any atom is -0.457 e. The van der Waals surface area contributed by atoms with Crippen LogP contribution in [0.3, 0.4) is 0 Å². The van der Waals surface area contributed by atoms with E-state index in [-0.39, 0.29) is 12.2 Å². The van der Waals surface area contributed by atoms with Gasteiger partial charge in [-0.05, 0) is 23.8 Å². The molecule has 0 amide bonds. The number of ether oxygens (including phenoxy) is 1. The summed E-state index contributed by atoms with van der Waals surface area (Å²) in [6, 6.07) is 16.8. The van der Waals surface area contributed by atoms with Gasteiger partial charge in [0.25, 0.3) is 0 Å². The summed E-state index contributed by atoms with van der Waals surface area (Å²) >= 11 is 0. The smallest absolute Gasteiger partial charge is 0.310 e. The summed E-state index contributed by atoms with van der Waals surface area (Å²) in [5.74, 6) is -1.91. The molecule has 7 nitrogen and oxygen atoms in total. The van der Waals surface area contributed by atoms with Gasteiger partial charge in [0.05, 0.1) is 23.5 Å². The number of hydrogen-bond acceptors (Lipinski definition) is 5. The van der Waals surface area contributed by atoms with E-state index in [0.29, 0.717) is 5.52 Å². The van der Waals surface area contributed by atoms with Crippen LogP contribution in [0.4, 0.5) is 0 Å². The molecule has 0 fully saturated rings. The van der Waals surface area contributed by atoms with E-state index < -0.39 is 24.3 Å². The number of nitriles is 1. The number of H-pyrrole nitrogens is 2. The number of fused-ring (bicyclic) bond motifs is 2. The van der Waals surface area contributed by atoms with Gasteiger partial charge in [-0.15, -0.1) is 0 Å². The highest BCUT2D eigenvalue weighted by molar-refractivity contribution is 5.92. The third-order valence-corrected chi connectivity index (χ3v) is 4.52. The second-order valence-electron chi connectivity index (χ2n) is 6.36. The van der Waals surface area contributed by atoms with E-state index in [2.05, 4.69) is 15.0 Å². The first-order valence-electron chi connectivity index (χ1n) is 8.73. The fourth-order valence-electron chi connectivity index (χ4n) is 3.11. The molecule has 138 valence electrons. The van der Waals surface area contributed by atoms with Crippen molar-refractivity contribution in [3.63, 3.8) is 0 Å². The molecule has 4 rings (SSSR count). The van der Waals surface area contributed by atoms with Gasteiger partial charge in [-0.3, -0.25) is 9.59 Å². The van der Waals surface area contributed by atoms with Gasteiger partial charge in [-0.1, -0.05) is 30.3 Å². The van der Waals surface area contributed by atoms with E-state index in [0.717, 1.165) is 22.0 Å². The number of benzene rings is 2. The third-order valence-electron chi connectivity index (χ3n) is 4.52. The molecule has 1 unspecified atom stereocenters. The molecule has 0 radical (unpaired) electrons. The van der Waals surface area contributed by atoms with Crippen LogP contribution in [0.2, 0.25) is 0 Å². The number of nitrogens with one attached hydrogen (secondary N) is 2. The van der Waals surface area contributed by atoms with Crippen LogP contribution in [0.15, 0.2) is 54.7 Å². The van der Waals surface area contributed by atoms with Crippen LogP contribution in [0, 0.1) is 11.3 Å². The van der Waals surface area contributed by atoms with Crippen molar-refractivity contribution >= 4 is 33.7 Å². The molecule has 0 aliphatic carbocycles. The van der Waals surface area contributed by atoms with Crippen molar-refractivity contribution in [2.24, 2.45) is 0 Å². The predicted octanol–water partition coefficient (Wildman–Crippen LogP) is 3.01. The van der Waals surface area contributed by atoms with Crippen LogP contribution in [-0.4, -0.2) is 33.3 Å². The number of imidazole rings is 1. The zero-order chi connectivity index (χ0) is 19.5. The Morgan fingerprint density at radius 1 is 1.11 bits per heavy atom. The van der Waals surface area contributed by atoms with Crippen molar-refractivity contribution in [1.82, 2.24) is 15.0 Å². The van der Waals surface area contributed by atoms with Crippen molar-refractivity contribution in [3.8, 4) is 6.07 Å². The van der Waals surface area contributed by atoms with Gasteiger partial charge in [0.1, 0.15) is 5.82 Å². The van der Waals surface area contributed by atoms with Crippen molar-refractivity contribution in [1.29, 1.82) is 5.26 Å². The predicted molar refractivity (Wildman–Crippen MR) is 102 cm³/mol. The molecule has 0 saturated heterocycles. The Hall–Kier alpha value is -3.92. The van der Waals surface area contributed by atoms with E-state index in [9.17, 15) is 14.9 Å². The molecule has 2 aromatic carbocycles. The molecule has 0 spiro atoms. The molecule has 1 atom stereocenters. The first-order valence-corrected chi connectivity index (χ1v) is 8.73. The first-order chi connectivity index (χ1) is 13.7. The Morgan fingerprint density at radius 2 is 1.86 bits per heavy atom. The maximum absolute atomic E-state index is 12.4. The van der Waals surface area contributed by atoms with Gasteiger partial charge >= 0.3 is 5.97 Å². The molecule has 7 heteroatoms. The van der Waals surface area contributed by atoms with Gasteiger partial charge < -0.3 is 14.7 Å². The molecule has 2 heterocycles. The lowest BCUT2D eigenvalue weighted by Gasteiger charge is -2.07. The molecule has 2 aromatic heterocycles. The fraction of sp³-hybridized carbons (Fsp3) is 0.143. The summed E-state index contributed by atoms with van der Waals surface area (Å²) in [5.41, 5.74) is 3.13. The lowest BCUT2D eigenvalue weighted by molar-refractivity contribution is -0.147. The zero-order valence-electron chi connectivity index (χ0n) is 14.8. The number of aromatic nitrogens is 3. The largest absolute Gasteiger partial charge is 0.457 e. The second kappa shape index (κ2) is 7.37. The Bertz CT molecular complexity index is 1180. The van der Waals surface area contributed by atoms with Gasteiger partial charge in [0.15, 0.2) is 18.3 Å². The van der Waals surface area contributed by atoms with Crippen LogP contribution in [0.5, 0.6) is 0 Å². The van der Waals surface area contributed by atoms with Crippen LogP contribution >= 0.6 is 0 Å². The van der Waals surface area contributed by atoms with E-state index in [4.69, 9.17) is 4.74 Å². The van der Waals surface area contributed by atoms with Gasteiger partial charge in [0, 0.05) is 17.1 Å². The number of para-hydroxylation sites is 3. The Kier molecular flexibility index (Phi) is 4.60. The average molecular weight is 372 g/mol. The van der Waals surface area contributed by atoms with E-state index >= 15 is 0 Å². The van der Waals surface area contributed by atoms with E-state index in [1.807, 2.05) is 48.5 Å². The Labute approximate surface area is 160 Å². The van der Waals surface area contributed by atoms with Crippen LogP contribution in [-0.2, 0) is 20.7 Å². The third kappa shape index (κ3) is 3.35. The standard InChI is InChI=1S/C21H16N4O3/c22-10-15(21-24-17-7-3-4-8-18(17)25-21)19(26)12-28-20(27)9-13-11-23-16-6-2-1-5-14(13)16/h1-8,11,15,23H,9,12H2,(H,24,25). The minimum absolute atomic E-state index is 0.0408. The van der Waals surface area contributed by atoms with E-state index in [1.165, 1.54) is 0 Å². The number of Topliss-reactive ketones (excluding diaryl/α,β-unsaturated/α-hetero) is 1. The molecule has 0 saturated carbocycles. The summed E-state index contributed by atoms with van der Waals surface area (Å²) < 4.78 is 5.11. The molecule has 4 aromatic rings. The number of nitrogens with zero attached hydrogens (tertiary/aromatic N) is 2. The number of esters is 1. The number of rotatable bonds is 6. The molecular weight excluding hydrogens is 356 g/mol. The highest BCUT2D eigenvalue weighted by Crippen LogP contribution is 2.20. The minimum atomic E-state index is -1.12. The van der Waals surface area contributed by atoms with Crippen LogP contribution in [0.25, 0.3) is 21.9 Å². The number of hydrogen-bond donors (Lipinski definition) is 2. The average Bonchev–Trinajstić information content (AvgIpc) is 3.31. The molecule has 0 bridgehead atoms. The number of aromatic amines is 2. The molecule has 0 aliphatic rings. The highest BCUT2D eigenvalue weighted by atomic mass is 16.5. The lowest BCUT2D eigenvalue weighted by Crippen LogP contribution is -2.21. The van der Waals surface area contributed by atoms with Crippen LogP contribution in [0.1, 0.15) is 17.3 Å². The normalized spacial score (nSPS) is 12.0. The summed E-state index contributed by atoms with van der Waals surface area (Å²) in [7, 11) is 0. The van der Waals surface area contributed by atoms with Crippen LogP contribution < -0.4 is 0 Å². The van der Waals surface area contributed by atoms with Crippen molar-refractivity contribution in [2.45, 2.75) is 12.3 Å². The summed E-state index contributed by atoms with van der Waals surface area (Å²) in [6.07, 6.45) is 1.79. The SMILES string of the molecule is N#CC(C(=O)COC(=O)Cc1c[nH]c2ccccc12)c1nc2ccccc2[nH]1. The maximum atomic E-state index is 12.4. The summed E-state index contributed by atoms with van der Waals surface area (Å²) in [4.78, 5) is 34.9. The van der Waals surface area contributed by atoms with Crippen molar-refractivity contribution in [2.75, 3.05) is 6.61 Å². The summed E-state index contributed by atoms with van der Waals surface area (Å²) in [5, 5.41) is 10.3.